The summed E-state index contributed by atoms with van der Waals surface area (Å²) in [6.45, 7) is 36.2. The van der Waals surface area contributed by atoms with Crippen LogP contribution in [0.4, 0.5) is 0 Å². The quantitative estimate of drug-likeness (QED) is 0.193. The summed E-state index contributed by atoms with van der Waals surface area (Å²) in [6.07, 6.45) is 5.47. The summed E-state index contributed by atoms with van der Waals surface area (Å²) in [5, 5.41) is 0. The molecule has 5 heteroatoms. The molecule has 0 aromatic carbocycles. The first-order valence-electron chi connectivity index (χ1n) is 11.3. The van der Waals surface area contributed by atoms with E-state index in [-0.39, 0.29) is 42.8 Å². The maximum atomic E-state index is 5.13. The Labute approximate surface area is 223 Å². The predicted molar refractivity (Wildman–Crippen MR) is 145 cm³/mol. The molecule has 0 saturated heterocycles. The fourth-order valence-corrected chi connectivity index (χ4v) is 7.70. The SMILES string of the molecule is C[C-]=NC(C)(C)C.C[C-]=NC(C)(C)C.C[C]1[C](C)[C](C)[C]([Si](C)(C)[N-]C(C)(C)C)[C]1C.[Zr+4]. The van der Waals surface area contributed by atoms with Gasteiger partial charge in [0.15, 0.2) is 0 Å². The molecular formula is C27H51N3SiZr+. The van der Waals surface area contributed by atoms with E-state index < -0.39 is 8.24 Å². The minimum Gasteiger partial charge on any atom is -0.659 e. The maximum Gasteiger partial charge on any atom is 4.00 e. The molecule has 0 heterocycles. The molecule has 0 atom stereocenters. The van der Waals surface area contributed by atoms with E-state index in [9.17, 15) is 0 Å². The molecule has 0 bridgehead atoms. The van der Waals surface area contributed by atoms with E-state index in [1.54, 1.807) is 5.54 Å². The number of nitrogens with zero attached hydrogens (tertiary/aromatic N) is 3. The number of rotatable bonds is 2. The first-order valence-corrected chi connectivity index (χ1v) is 14.3. The van der Waals surface area contributed by atoms with Gasteiger partial charge in [-0.1, -0.05) is 69.8 Å². The zero-order chi connectivity index (χ0) is 25.4. The van der Waals surface area contributed by atoms with Crippen LogP contribution >= 0.6 is 0 Å². The molecule has 1 fully saturated rings. The van der Waals surface area contributed by atoms with Crippen LogP contribution in [0, 0.1) is 29.2 Å². The molecule has 0 aromatic rings. The van der Waals surface area contributed by atoms with Gasteiger partial charge in [0, 0.05) is 11.1 Å². The molecule has 1 saturated carbocycles. The van der Waals surface area contributed by atoms with Crippen LogP contribution in [0.2, 0.25) is 13.1 Å². The van der Waals surface area contributed by atoms with Crippen LogP contribution < -0.4 is 0 Å². The van der Waals surface area contributed by atoms with Gasteiger partial charge in [0.2, 0.25) is 0 Å². The third kappa shape index (κ3) is 16.1. The second kappa shape index (κ2) is 14.7. The van der Waals surface area contributed by atoms with Crippen LogP contribution in [0.1, 0.15) is 104 Å². The molecule has 5 radical (unpaired) electrons. The Hall–Kier alpha value is 0.400. The average molecular weight is 537 g/mol. The van der Waals surface area contributed by atoms with Crippen LogP contribution in [0.25, 0.3) is 4.98 Å². The molecular weight excluding hydrogens is 486 g/mol. The van der Waals surface area contributed by atoms with Crippen molar-refractivity contribution in [2.75, 3.05) is 0 Å². The first-order chi connectivity index (χ1) is 13.6. The molecule has 0 N–H and O–H groups in total. The Balaban J connectivity index is -0.000000468. The van der Waals surface area contributed by atoms with Gasteiger partial charge < -0.3 is 27.4 Å². The molecule has 32 heavy (non-hydrogen) atoms. The molecule has 0 aromatic heterocycles. The van der Waals surface area contributed by atoms with Crippen LogP contribution in [-0.4, -0.2) is 37.3 Å². The van der Waals surface area contributed by atoms with E-state index in [4.69, 9.17) is 4.98 Å². The second-order valence-electron chi connectivity index (χ2n) is 11.7. The molecule has 3 nitrogen and oxygen atoms in total. The number of aliphatic imine (C=N–C) groups is 2. The fraction of sp³-hybridized carbons (Fsp3) is 0.741. The third-order valence-corrected chi connectivity index (χ3v) is 7.76. The van der Waals surface area contributed by atoms with Crippen molar-refractivity contribution in [3.63, 3.8) is 0 Å². The van der Waals surface area contributed by atoms with Gasteiger partial charge in [-0.2, -0.15) is 13.8 Å². The summed E-state index contributed by atoms with van der Waals surface area (Å²) < 4.78 is 0. The smallest absolute Gasteiger partial charge is 0.659 e. The predicted octanol–water partition coefficient (Wildman–Crippen LogP) is 8.37. The molecule has 0 amide bonds. The first kappa shape index (κ1) is 37.0. The van der Waals surface area contributed by atoms with Gasteiger partial charge in [0.05, 0.1) is 0 Å². The van der Waals surface area contributed by atoms with Crippen molar-refractivity contribution in [1.82, 2.24) is 0 Å². The van der Waals surface area contributed by atoms with Crippen molar-refractivity contribution in [2.45, 2.75) is 134 Å². The molecule has 1 aliphatic carbocycles. The minimum atomic E-state index is -1.69. The second-order valence-corrected chi connectivity index (χ2v) is 15.6. The van der Waals surface area contributed by atoms with Gasteiger partial charge in [-0.25, -0.2) is 0 Å². The van der Waals surface area contributed by atoms with Crippen molar-refractivity contribution < 1.29 is 26.2 Å². The van der Waals surface area contributed by atoms with E-state index in [1.165, 1.54) is 23.7 Å². The van der Waals surface area contributed by atoms with E-state index >= 15 is 0 Å². The van der Waals surface area contributed by atoms with E-state index in [2.05, 4.69) is 84.0 Å². The molecule has 0 unspecified atom stereocenters. The normalized spacial score (nSPS) is 18.4. The average Bonchev–Trinajstić information content (AvgIpc) is 2.68. The summed E-state index contributed by atoms with van der Waals surface area (Å²) in [5.74, 6) is 5.87. The summed E-state index contributed by atoms with van der Waals surface area (Å²) in [5.41, 5.74) is 1.75. The molecule has 1 aliphatic rings. The Kier molecular flexibility index (Phi) is 17.0. The Morgan fingerprint density at radius 2 is 0.906 bits per heavy atom. The van der Waals surface area contributed by atoms with E-state index in [1.807, 2.05) is 55.4 Å². The summed E-state index contributed by atoms with van der Waals surface area (Å²) in [7, 11) is -1.69. The van der Waals surface area contributed by atoms with Gasteiger partial charge in [-0.3, -0.25) is 0 Å². The van der Waals surface area contributed by atoms with Crippen molar-refractivity contribution in [3.8, 4) is 0 Å². The molecule has 0 aliphatic heterocycles. The van der Waals surface area contributed by atoms with Gasteiger partial charge in [-0.15, -0.1) is 5.54 Å². The maximum absolute atomic E-state index is 5.13. The standard InChI is InChI=1S/C15H27NSi.2C6H12N.Zr/c1-10-11(2)13(4)14(12(10)3)17(8,9)16-15(5,6)7;2*1-5-7-6(2,3)4;/h1-9H3;2*1-4H3;/q3*-1;+4. The Morgan fingerprint density at radius 1 is 0.625 bits per heavy atom. The van der Waals surface area contributed by atoms with E-state index in [0.717, 1.165) is 0 Å². The molecule has 1 rings (SSSR count). The van der Waals surface area contributed by atoms with Crippen molar-refractivity contribution in [1.29, 1.82) is 0 Å². The third-order valence-electron chi connectivity index (χ3n) is 4.56. The van der Waals surface area contributed by atoms with Gasteiger partial charge >= 0.3 is 26.2 Å². The fourth-order valence-electron chi connectivity index (χ4n) is 3.70. The summed E-state index contributed by atoms with van der Waals surface area (Å²) >= 11 is 0. The van der Waals surface area contributed by atoms with E-state index in [0.29, 0.717) is 0 Å². The largest absolute Gasteiger partial charge is 4.00 e. The zero-order valence-corrected chi connectivity index (χ0v) is 27.8. The zero-order valence-electron chi connectivity index (χ0n) is 24.3. The van der Waals surface area contributed by atoms with Crippen LogP contribution in [0.15, 0.2) is 9.98 Å². The Morgan fingerprint density at radius 3 is 1.06 bits per heavy atom. The number of hydrogen-bond donors (Lipinski definition) is 0. The van der Waals surface area contributed by atoms with Gasteiger partial charge in [0.25, 0.3) is 0 Å². The molecule has 181 valence electrons. The van der Waals surface area contributed by atoms with Crippen LogP contribution in [0.5, 0.6) is 0 Å². The minimum absolute atomic E-state index is 0. The van der Waals surface area contributed by atoms with Crippen LogP contribution in [0.3, 0.4) is 0 Å². The summed E-state index contributed by atoms with van der Waals surface area (Å²) in [6, 6.07) is 0. The van der Waals surface area contributed by atoms with Gasteiger partial charge in [-0.05, 0) is 70.8 Å². The van der Waals surface area contributed by atoms with Crippen molar-refractivity contribution >= 4 is 20.7 Å². The van der Waals surface area contributed by atoms with Crippen LogP contribution in [-0.2, 0) is 26.2 Å². The Bertz CT molecular complexity index is 515. The van der Waals surface area contributed by atoms with Gasteiger partial charge in [0.1, 0.15) is 0 Å². The van der Waals surface area contributed by atoms with Crippen molar-refractivity contribution in [2.24, 2.45) is 9.98 Å². The van der Waals surface area contributed by atoms with Crippen molar-refractivity contribution in [3.05, 3.63) is 34.2 Å². The topological polar surface area (TPSA) is 38.8 Å². The number of hydrogen-bond acceptors (Lipinski definition) is 2. The molecule has 0 spiro atoms. The monoisotopic (exact) mass is 535 g/mol. The summed E-state index contributed by atoms with van der Waals surface area (Å²) in [4.78, 5) is 13.1.